The van der Waals surface area contributed by atoms with E-state index in [1.54, 1.807) is 0 Å². The fourth-order valence-electron chi connectivity index (χ4n) is 3.33. The smallest absolute Gasteiger partial charge is 0.373 e. The average molecular weight is 527 g/mol. The van der Waals surface area contributed by atoms with Gasteiger partial charge in [-0.25, -0.2) is 0 Å². The summed E-state index contributed by atoms with van der Waals surface area (Å²) < 4.78 is 39.0. The molecule has 0 aromatic rings. The van der Waals surface area contributed by atoms with Gasteiger partial charge in [-0.1, -0.05) is 55.4 Å². The van der Waals surface area contributed by atoms with Crippen LogP contribution in [0.5, 0.6) is 0 Å². The van der Waals surface area contributed by atoms with Gasteiger partial charge in [0, 0.05) is 39.6 Å². The predicted octanol–water partition coefficient (Wildman–Crippen LogP) is 6.79. The minimum absolute atomic E-state index is 0.111. The highest BCUT2D eigenvalue weighted by atomic mass is 32.2. The Morgan fingerprint density at radius 2 is 0.636 bits per heavy atom. The Morgan fingerprint density at radius 1 is 0.424 bits per heavy atom. The molecule has 33 heavy (non-hydrogen) atoms. The van der Waals surface area contributed by atoms with Gasteiger partial charge in [-0.05, 0) is 51.4 Å². The summed E-state index contributed by atoms with van der Waals surface area (Å²) in [4.78, 5) is 0.222. The standard InChI is InChI=1S/C24H54O6SSi2/c1-9-17-25-32(26-18-10-2,27-19-11-3)23(15-7)31-24(16-8)33(28-20-12-4,29-21-13-5)30-22-14-6/h23-24H,9-22H2,1-8H3. The van der Waals surface area contributed by atoms with E-state index in [2.05, 4.69) is 55.4 Å². The van der Waals surface area contributed by atoms with Crippen LogP contribution in [0.15, 0.2) is 0 Å². The van der Waals surface area contributed by atoms with Gasteiger partial charge in [0.15, 0.2) is 0 Å². The number of hydrogen-bond acceptors (Lipinski definition) is 7. The van der Waals surface area contributed by atoms with Crippen molar-refractivity contribution < 1.29 is 26.6 Å². The average Bonchev–Trinajstić information content (AvgIpc) is 2.85. The second-order valence-corrected chi connectivity index (χ2v) is 16.0. The quantitative estimate of drug-likeness (QED) is 0.128. The number of rotatable bonds is 24. The molecule has 0 saturated carbocycles. The zero-order chi connectivity index (χ0) is 25.0. The van der Waals surface area contributed by atoms with Crippen LogP contribution in [0.3, 0.4) is 0 Å². The molecule has 0 N–H and O–H groups in total. The molecule has 0 saturated heterocycles. The largest absolute Gasteiger partial charge is 0.514 e. The third-order valence-electron chi connectivity index (χ3n) is 4.90. The molecule has 0 spiro atoms. The lowest BCUT2D eigenvalue weighted by Gasteiger charge is -2.40. The molecule has 0 aliphatic heterocycles. The lowest BCUT2D eigenvalue weighted by Crippen LogP contribution is -2.60. The van der Waals surface area contributed by atoms with Gasteiger partial charge in [-0.2, -0.15) is 0 Å². The van der Waals surface area contributed by atoms with Crippen LogP contribution in [0, 0.1) is 0 Å². The maximum Gasteiger partial charge on any atom is 0.514 e. The molecule has 0 bridgehead atoms. The highest BCUT2D eigenvalue weighted by molar-refractivity contribution is 8.03. The van der Waals surface area contributed by atoms with Crippen molar-refractivity contribution in [1.82, 2.24) is 0 Å². The first-order valence-corrected chi connectivity index (χ1v) is 18.0. The summed E-state index contributed by atoms with van der Waals surface area (Å²) in [6.45, 7) is 21.1. The first-order valence-electron chi connectivity index (χ1n) is 13.5. The van der Waals surface area contributed by atoms with E-state index < -0.39 is 17.6 Å². The SMILES string of the molecule is CCCO[Si](OCCC)(OCCC)C(CC)SC(CC)[Si](OCCC)(OCCC)OCCC. The van der Waals surface area contributed by atoms with Gasteiger partial charge in [0.2, 0.25) is 0 Å². The Labute approximate surface area is 211 Å². The zero-order valence-electron chi connectivity index (χ0n) is 22.9. The Hall–Kier alpha value is 0.544. The summed E-state index contributed by atoms with van der Waals surface area (Å²) in [6.07, 6.45) is 7.45. The highest BCUT2D eigenvalue weighted by Gasteiger charge is 2.56. The summed E-state index contributed by atoms with van der Waals surface area (Å²) in [5.41, 5.74) is 0. The van der Waals surface area contributed by atoms with E-state index in [0.717, 1.165) is 51.4 Å². The molecule has 0 aliphatic rings. The van der Waals surface area contributed by atoms with Crippen molar-refractivity contribution in [3.63, 3.8) is 0 Å². The van der Waals surface area contributed by atoms with Crippen molar-refractivity contribution in [1.29, 1.82) is 0 Å². The van der Waals surface area contributed by atoms with Gasteiger partial charge in [-0.15, -0.1) is 11.8 Å². The van der Waals surface area contributed by atoms with Crippen molar-refractivity contribution in [3.8, 4) is 0 Å². The van der Waals surface area contributed by atoms with Crippen molar-refractivity contribution in [2.45, 2.75) is 117 Å². The van der Waals surface area contributed by atoms with Crippen LogP contribution in [0.2, 0.25) is 0 Å². The molecule has 9 heteroatoms. The molecular formula is C24H54O6SSi2. The summed E-state index contributed by atoms with van der Waals surface area (Å²) >= 11 is 1.88. The normalized spacial score (nSPS) is 14.5. The van der Waals surface area contributed by atoms with E-state index in [4.69, 9.17) is 26.6 Å². The molecule has 200 valence electrons. The Balaban J connectivity index is 6.13. The van der Waals surface area contributed by atoms with Gasteiger partial charge >= 0.3 is 17.6 Å². The topological polar surface area (TPSA) is 55.4 Å². The molecule has 0 radical (unpaired) electrons. The lowest BCUT2D eigenvalue weighted by molar-refractivity contribution is 0.0554. The van der Waals surface area contributed by atoms with Crippen molar-refractivity contribution in [2.24, 2.45) is 0 Å². The molecule has 0 heterocycles. The first kappa shape index (κ1) is 33.5. The zero-order valence-corrected chi connectivity index (χ0v) is 25.7. The maximum atomic E-state index is 6.50. The monoisotopic (exact) mass is 526 g/mol. The minimum atomic E-state index is -2.92. The van der Waals surface area contributed by atoms with Crippen LogP contribution < -0.4 is 0 Å². The first-order chi connectivity index (χ1) is 16.0. The summed E-state index contributed by atoms with van der Waals surface area (Å²) in [6, 6.07) is 0. The van der Waals surface area contributed by atoms with E-state index in [-0.39, 0.29) is 9.75 Å². The van der Waals surface area contributed by atoms with E-state index in [1.165, 1.54) is 0 Å². The van der Waals surface area contributed by atoms with Gasteiger partial charge < -0.3 is 26.6 Å². The van der Waals surface area contributed by atoms with Crippen molar-refractivity contribution >= 4 is 29.4 Å². The van der Waals surface area contributed by atoms with E-state index >= 15 is 0 Å². The molecule has 0 amide bonds. The van der Waals surface area contributed by atoms with Crippen LogP contribution >= 0.6 is 11.8 Å². The lowest BCUT2D eigenvalue weighted by atomic mass is 10.5. The second-order valence-electron chi connectivity index (χ2n) is 8.23. The third-order valence-corrected chi connectivity index (χ3v) is 14.8. The molecule has 6 nitrogen and oxygen atoms in total. The third kappa shape index (κ3) is 11.9. The van der Waals surface area contributed by atoms with Crippen LogP contribution in [-0.4, -0.2) is 67.0 Å². The van der Waals surface area contributed by atoms with Gasteiger partial charge in [0.1, 0.15) is 0 Å². The molecule has 0 rings (SSSR count). The molecule has 2 atom stereocenters. The van der Waals surface area contributed by atoms with E-state index in [0.29, 0.717) is 39.6 Å². The molecule has 0 aromatic carbocycles. The molecular weight excluding hydrogens is 472 g/mol. The summed E-state index contributed by atoms with van der Waals surface area (Å²) in [5, 5.41) is 0. The summed E-state index contributed by atoms with van der Waals surface area (Å²) in [7, 11) is -5.84. The van der Waals surface area contributed by atoms with Crippen LogP contribution in [0.25, 0.3) is 0 Å². The minimum Gasteiger partial charge on any atom is -0.373 e. The number of thioether (sulfide) groups is 1. The fourth-order valence-corrected chi connectivity index (χ4v) is 13.6. The fraction of sp³-hybridized carbons (Fsp3) is 1.00. The molecule has 0 aliphatic carbocycles. The maximum absolute atomic E-state index is 6.50. The predicted molar refractivity (Wildman–Crippen MR) is 145 cm³/mol. The van der Waals surface area contributed by atoms with Crippen molar-refractivity contribution in [2.75, 3.05) is 39.6 Å². The summed E-state index contributed by atoms with van der Waals surface area (Å²) in [5.74, 6) is 0. The van der Waals surface area contributed by atoms with Gasteiger partial charge in [0.05, 0.1) is 9.75 Å². The van der Waals surface area contributed by atoms with E-state index in [9.17, 15) is 0 Å². The molecule has 2 unspecified atom stereocenters. The van der Waals surface area contributed by atoms with Crippen LogP contribution in [0.1, 0.15) is 107 Å². The Morgan fingerprint density at radius 3 is 0.788 bits per heavy atom. The molecule has 0 aromatic heterocycles. The number of hydrogen-bond donors (Lipinski definition) is 0. The van der Waals surface area contributed by atoms with Gasteiger partial charge in [0.25, 0.3) is 0 Å². The highest BCUT2D eigenvalue weighted by Crippen LogP contribution is 2.38. The second kappa shape index (κ2) is 20.7. The van der Waals surface area contributed by atoms with Gasteiger partial charge in [-0.3, -0.25) is 0 Å². The Kier molecular flexibility index (Phi) is 21.0. The van der Waals surface area contributed by atoms with Crippen LogP contribution in [0.4, 0.5) is 0 Å². The molecule has 0 fully saturated rings. The van der Waals surface area contributed by atoms with E-state index in [1.807, 2.05) is 11.8 Å². The Bertz CT molecular complexity index is 366. The van der Waals surface area contributed by atoms with Crippen LogP contribution in [-0.2, 0) is 26.6 Å². The van der Waals surface area contributed by atoms with Crippen molar-refractivity contribution in [3.05, 3.63) is 0 Å².